The number of nitrogens with zero attached hydrogens (tertiary/aromatic N) is 6. The maximum absolute atomic E-state index is 13.8. The van der Waals surface area contributed by atoms with Crippen molar-refractivity contribution < 1.29 is 32.2 Å². The average Bonchev–Trinajstić information content (AvgIpc) is 3.38. The third-order valence-electron chi connectivity index (χ3n) is 6.06. The van der Waals surface area contributed by atoms with E-state index in [-0.39, 0.29) is 39.5 Å². The Hall–Kier alpha value is -3.61. The summed E-state index contributed by atoms with van der Waals surface area (Å²) in [6.07, 6.45) is 0.627. The van der Waals surface area contributed by atoms with Crippen LogP contribution in [0.25, 0.3) is 27.9 Å². The molecule has 4 aromatic rings. The van der Waals surface area contributed by atoms with Crippen molar-refractivity contribution >= 4 is 22.5 Å². The molecular weight excluding hydrogens is 475 g/mol. The molecule has 0 aromatic carbocycles. The molecule has 1 fully saturated rings. The Morgan fingerprint density at radius 2 is 1.89 bits per heavy atom. The first kappa shape index (κ1) is 24.5. The standard InChI is InChI=1S/C22H20F4N6O2.FH/c23-14-1-2-19-28-9-18(31(19)10-14)20-15-8-27-16(7-17(15)32(29-20)12-22(24,25)26)21(34)30-5-3-13(11-33)4-6-30;/h1-2,7-10,13,33H,3-6,11-12H2;1H. The number of fused-ring (bicyclic) bond motifs is 2. The van der Waals surface area contributed by atoms with Gasteiger partial charge in [-0.3, -0.25) is 23.6 Å². The minimum atomic E-state index is -4.55. The van der Waals surface area contributed by atoms with Crippen molar-refractivity contribution in [2.75, 3.05) is 19.7 Å². The van der Waals surface area contributed by atoms with Gasteiger partial charge in [0.2, 0.25) is 0 Å². The van der Waals surface area contributed by atoms with Crippen LogP contribution in [-0.4, -0.2) is 65.9 Å². The van der Waals surface area contributed by atoms with Crippen LogP contribution in [0.1, 0.15) is 23.3 Å². The van der Waals surface area contributed by atoms with E-state index in [9.17, 15) is 27.5 Å². The van der Waals surface area contributed by atoms with Crippen LogP contribution in [0.4, 0.5) is 22.3 Å². The molecule has 0 bridgehead atoms. The monoisotopic (exact) mass is 496 g/mol. The summed E-state index contributed by atoms with van der Waals surface area (Å²) in [6, 6.07) is 3.99. The van der Waals surface area contributed by atoms with Crippen molar-refractivity contribution in [2.24, 2.45) is 5.92 Å². The molecule has 0 spiro atoms. The van der Waals surface area contributed by atoms with E-state index >= 15 is 0 Å². The third-order valence-corrected chi connectivity index (χ3v) is 6.06. The number of hydrogen-bond acceptors (Lipinski definition) is 5. The molecule has 1 aliphatic rings. The van der Waals surface area contributed by atoms with Crippen molar-refractivity contribution in [1.82, 2.24) is 29.0 Å². The fourth-order valence-electron chi connectivity index (χ4n) is 4.28. The van der Waals surface area contributed by atoms with Gasteiger partial charge in [0.25, 0.3) is 5.91 Å². The van der Waals surface area contributed by atoms with E-state index in [0.29, 0.717) is 37.3 Å². The lowest BCUT2D eigenvalue weighted by Crippen LogP contribution is -2.39. The summed E-state index contributed by atoms with van der Waals surface area (Å²) < 4.78 is 55.9. The summed E-state index contributed by atoms with van der Waals surface area (Å²) in [7, 11) is 0. The normalized spacial score (nSPS) is 15.1. The molecule has 13 heteroatoms. The van der Waals surface area contributed by atoms with E-state index in [2.05, 4.69) is 15.1 Å². The zero-order chi connectivity index (χ0) is 24.0. The Morgan fingerprint density at radius 1 is 1.14 bits per heavy atom. The van der Waals surface area contributed by atoms with Crippen LogP contribution in [0, 0.1) is 11.7 Å². The molecule has 0 saturated carbocycles. The summed E-state index contributed by atoms with van der Waals surface area (Å²) in [5.41, 5.74) is 0.942. The number of aliphatic hydroxyl groups excluding tert-OH is 1. The number of amides is 1. The zero-order valence-electron chi connectivity index (χ0n) is 18.2. The molecule has 1 amide bonds. The second-order valence-corrected chi connectivity index (χ2v) is 8.35. The number of piperidine rings is 1. The average molecular weight is 496 g/mol. The van der Waals surface area contributed by atoms with Crippen molar-refractivity contribution in [3.05, 3.63) is 48.3 Å². The van der Waals surface area contributed by atoms with Gasteiger partial charge in [0.15, 0.2) is 0 Å². The van der Waals surface area contributed by atoms with Crippen LogP contribution in [-0.2, 0) is 6.54 Å². The smallest absolute Gasteiger partial charge is 0.396 e. The number of aliphatic hydroxyl groups is 1. The van der Waals surface area contributed by atoms with Crippen molar-refractivity contribution in [1.29, 1.82) is 0 Å². The van der Waals surface area contributed by atoms with E-state index in [4.69, 9.17) is 0 Å². The second-order valence-electron chi connectivity index (χ2n) is 8.35. The Bertz CT molecular complexity index is 1370. The highest BCUT2D eigenvalue weighted by Gasteiger charge is 2.31. The zero-order valence-corrected chi connectivity index (χ0v) is 18.2. The predicted molar refractivity (Wildman–Crippen MR) is 116 cm³/mol. The molecular formula is C22H21F5N6O2. The molecule has 1 aliphatic heterocycles. The summed E-state index contributed by atoms with van der Waals surface area (Å²) >= 11 is 0. The minimum absolute atomic E-state index is 0. The maximum Gasteiger partial charge on any atom is 0.408 e. The molecule has 0 radical (unpaired) electrons. The molecule has 186 valence electrons. The van der Waals surface area contributed by atoms with Gasteiger partial charge < -0.3 is 10.0 Å². The number of halogens is 5. The van der Waals surface area contributed by atoms with Crippen LogP contribution < -0.4 is 0 Å². The number of imidazole rings is 1. The van der Waals surface area contributed by atoms with Crippen molar-refractivity contribution in [3.8, 4) is 11.4 Å². The molecule has 4 aromatic heterocycles. The number of hydrogen-bond donors (Lipinski definition) is 1. The lowest BCUT2D eigenvalue weighted by atomic mass is 9.97. The van der Waals surface area contributed by atoms with E-state index in [1.54, 1.807) is 4.90 Å². The number of likely N-dealkylation sites (tertiary alicyclic amines) is 1. The summed E-state index contributed by atoms with van der Waals surface area (Å²) in [6.45, 7) is -0.443. The molecule has 1 N–H and O–H groups in total. The highest BCUT2D eigenvalue weighted by molar-refractivity contribution is 5.99. The van der Waals surface area contributed by atoms with Gasteiger partial charge in [-0.15, -0.1) is 0 Å². The number of alkyl halides is 3. The van der Waals surface area contributed by atoms with Gasteiger partial charge in [-0.05, 0) is 37.0 Å². The van der Waals surface area contributed by atoms with Gasteiger partial charge >= 0.3 is 6.18 Å². The summed E-state index contributed by atoms with van der Waals surface area (Å²) in [5, 5.41) is 13.7. The maximum atomic E-state index is 13.8. The van der Waals surface area contributed by atoms with Crippen LogP contribution in [0.3, 0.4) is 0 Å². The quantitative estimate of drug-likeness (QED) is 0.438. The molecule has 5 heterocycles. The largest absolute Gasteiger partial charge is 0.408 e. The van der Waals surface area contributed by atoms with Gasteiger partial charge in [0, 0.05) is 37.5 Å². The van der Waals surface area contributed by atoms with Crippen LogP contribution >= 0.6 is 0 Å². The number of aromatic nitrogens is 5. The molecule has 1 saturated heterocycles. The van der Waals surface area contributed by atoms with Crippen LogP contribution in [0.15, 0.2) is 36.8 Å². The molecule has 0 aliphatic carbocycles. The van der Waals surface area contributed by atoms with Crippen LogP contribution in [0.2, 0.25) is 0 Å². The lowest BCUT2D eigenvalue weighted by Gasteiger charge is -2.30. The Labute approximate surface area is 195 Å². The van der Waals surface area contributed by atoms with E-state index < -0.39 is 24.4 Å². The first-order chi connectivity index (χ1) is 16.2. The van der Waals surface area contributed by atoms with Crippen LogP contribution in [0.5, 0.6) is 0 Å². The van der Waals surface area contributed by atoms with Gasteiger partial charge in [-0.25, -0.2) is 9.37 Å². The number of carbonyl (C=O) groups excluding carboxylic acids is 1. The third kappa shape index (κ3) is 4.67. The van der Waals surface area contributed by atoms with Gasteiger partial charge in [0.1, 0.15) is 29.4 Å². The topological polar surface area (TPSA) is 88.6 Å². The van der Waals surface area contributed by atoms with Gasteiger partial charge in [-0.2, -0.15) is 18.3 Å². The number of pyridine rings is 2. The van der Waals surface area contributed by atoms with Gasteiger partial charge in [-0.1, -0.05) is 0 Å². The predicted octanol–water partition coefficient (Wildman–Crippen LogP) is 3.44. The summed E-state index contributed by atoms with van der Waals surface area (Å²) in [4.78, 5) is 23.0. The SMILES string of the molecule is F.O=C(c1cc2c(cn1)c(-c1cnc3ccc(F)cn13)nn2CC(F)(F)F)N1CCC(CO)CC1. The highest BCUT2D eigenvalue weighted by atomic mass is 19.4. The first-order valence-corrected chi connectivity index (χ1v) is 10.7. The molecule has 8 nitrogen and oxygen atoms in total. The number of carbonyl (C=O) groups is 1. The molecule has 0 atom stereocenters. The van der Waals surface area contributed by atoms with E-state index in [0.717, 1.165) is 4.68 Å². The molecule has 35 heavy (non-hydrogen) atoms. The van der Waals surface area contributed by atoms with Crippen molar-refractivity contribution in [3.63, 3.8) is 0 Å². The Balaban J connectivity index is 0.00000289. The Kier molecular flexibility index (Phi) is 6.45. The first-order valence-electron chi connectivity index (χ1n) is 10.7. The van der Waals surface area contributed by atoms with E-state index in [1.165, 1.54) is 41.2 Å². The van der Waals surface area contributed by atoms with Crippen molar-refractivity contribution in [2.45, 2.75) is 25.6 Å². The minimum Gasteiger partial charge on any atom is -0.396 e. The van der Waals surface area contributed by atoms with E-state index in [1.807, 2.05) is 0 Å². The van der Waals surface area contributed by atoms with Gasteiger partial charge in [0.05, 0.1) is 17.4 Å². The fourth-order valence-corrected chi connectivity index (χ4v) is 4.28. The number of rotatable bonds is 4. The molecule has 0 unspecified atom stereocenters. The highest BCUT2D eigenvalue weighted by Crippen LogP contribution is 2.31. The summed E-state index contributed by atoms with van der Waals surface area (Å²) in [5.74, 6) is -0.802. The molecule has 5 rings (SSSR count). The fraction of sp³-hybridized carbons (Fsp3) is 0.364. The lowest BCUT2D eigenvalue weighted by molar-refractivity contribution is -0.141. The second kappa shape index (κ2) is 9.21. The Morgan fingerprint density at radius 3 is 2.57 bits per heavy atom.